The molecular weight excluding hydrogens is 340 g/mol. The van der Waals surface area contributed by atoms with Crippen molar-refractivity contribution in [2.45, 2.75) is 47.1 Å². The Morgan fingerprint density at radius 3 is 2.89 bits per heavy atom. The molecule has 0 atom stereocenters. The summed E-state index contributed by atoms with van der Waals surface area (Å²) in [4.78, 5) is 16.1. The van der Waals surface area contributed by atoms with Crippen LogP contribution in [-0.2, 0) is 13.0 Å². The number of nitrogens with zero attached hydrogens (tertiary/aromatic N) is 2. The van der Waals surface area contributed by atoms with E-state index in [9.17, 15) is 4.79 Å². The van der Waals surface area contributed by atoms with Crippen molar-refractivity contribution in [1.82, 2.24) is 20.1 Å². The predicted octanol–water partition coefficient (Wildman–Crippen LogP) is 3.35. The van der Waals surface area contributed by atoms with Crippen LogP contribution >= 0.6 is 0 Å². The molecule has 6 nitrogen and oxygen atoms in total. The Hall–Kier alpha value is -2.76. The third-order valence-corrected chi connectivity index (χ3v) is 5.33. The van der Waals surface area contributed by atoms with Crippen molar-refractivity contribution in [1.29, 1.82) is 0 Å². The normalized spacial score (nSPS) is 13.5. The average molecular weight is 366 g/mol. The standard InChI is InChI=1S/C21H26N4O2/c1-12-10-13(2)18-17(11-12)16(15(4)23-18)6-7-22-20(26)19-14(3)21-25(24-19)8-5-9-27-21/h10-11,23H,5-9H2,1-4H3,(H,22,26). The molecule has 0 saturated carbocycles. The number of nitrogens with one attached hydrogen (secondary N) is 2. The summed E-state index contributed by atoms with van der Waals surface area (Å²) in [5, 5.41) is 8.71. The number of hydrogen-bond donors (Lipinski definition) is 2. The van der Waals surface area contributed by atoms with Gasteiger partial charge in [0.05, 0.1) is 6.61 Å². The Morgan fingerprint density at radius 2 is 2.11 bits per heavy atom. The second-order valence-electron chi connectivity index (χ2n) is 7.44. The van der Waals surface area contributed by atoms with Gasteiger partial charge in [0.1, 0.15) is 0 Å². The molecule has 0 unspecified atom stereocenters. The molecule has 0 bridgehead atoms. The average Bonchev–Trinajstić information content (AvgIpc) is 3.13. The van der Waals surface area contributed by atoms with Gasteiger partial charge in [0.25, 0.3) is 5.91 Å². The zero-order valence-electron chi connectivity index (χ0n) is 16.4. The zero-order chi connectivity index (χ0) is 19.1. The van der Waals surface area contributed by atoms with E-state index in [0.29, 0.717) is 18.8 Å². The summed E-state index contributed by atoms with van der Waals surface area (Å²) in [5.74, 6) is 0.590. The van der Waals surface area contributed by atoms with Crippen LogP contribution in [0.1, 0.15) is 44.9 Å². The Kier molecular flexibility index (Phi) is 4.42. The van der Waals surface area contributed by atoms with Crippen molar-refractivity contribution in [3.63, 3.8) is 0 Å². The number of ether oxygens (including phenoxy) is 1. The fourth-order valence-corrected chi connectivity index (χ4v) is 4.01. The van der Waals surface area contributed by atoms with Crippen LogP contribution in [0.5, 0.6) is 5.88 Å². The van der Waals surface area contributed by atoms with Gasteiger partial charge in [-0.2, -0.15) is 5.10 Å². The second kappa shape index (κ2) is 6.76. The highest BCUT2D eigenvalue weighted by Crippen LogP contribution is 2.27. The van der Waals surface area contributed by atoms with Crippen molar-refractivity contribution < 1.29 is 9.53 Å². The lowest BCUT2D eigenvalue weighted by molar-refractivity contribution is 0.0947. The number of amides is 1. The summed E-state index contributed by atoms with van der Waals surface area (Å²) in [5.41, 5.74) is 7.41. The van der Waals surface area contributed by atoms with Gasteiger partial charge in [0.15, 0.2) is 5.69 Å². The lowest BCUT2D eigenvalue weighted by Crippen LogP contribution is -2.27. The Balaban J connectivity index is 1.49. The number of aryl methyl sites for hydroxylation is 4. The van der Waals surface area contributed by atoms with Gasteiger partial charge in [-0.1, -0.05) is 11.6 Å². The molecule has 2 N–H and O–H groups in total. The molecule has 3 aromatic rings. The molecule has 1 aliphatic rings. The van der Waals surface area contributed by atoms with Crippen LogP contribution in [0.25, 0.3) is 10.9 Å². The van der Waals surface area contributed by atoms with Crippen molar-refractivity contribution in [3.05, 3.63) is 45.8 Å². The van der Waals surface area contributed by atoms with E-state index in [0.717, 1.165) is 36.5 Å². The van der Waals surface area contributed by atoms with Crippen molar-refractivity contribution >= 4 is 16.8 Å². The molecule has 4 rings (SSSR count). The topological polar surface area (TPSA) is 71.9 Å². The van der Waals surface area contributed by atoms with Crippen LogP contribution in [-0.4, -0.2) is 33.8 Å². The quantitative estimate of drug-likeness (QED) is 0.744. The summed E-state index contributed by atoms with van der Waals surface area (Å²) in [6, 6.07) is 4.41. The molecule has 1 aromatic carbocycles. The number of carbonyl (C=O) groups is 1. The van der Waals surface area contributed by atoms with E-state index in [1.54, 1.807) is 4.68 Å². The van der Waals surface area contributed by atoms with E-state index in [1.807, 2.05) is 6.92 Å². The van der Waals surface area contributed by atoms with Crippen LogP contribution in [0, 0.1) is 27.7 Å². The van der Waals surface area contributed by atoms with Gasteiger partial charge in [0.2, 0.25) is 5.88 Å². The number of rotatable bonds is 4. The molecule has 1 amide bonds. The van der Waals surface area contributed by atoms with Crippen LogP contribution in [0.4, 0.5) is 0 Å². The van der Waals surface area contributed by atoms with Crippen LogP contribution in [0.15, 0.2) is 12.1 Å². The molecule has 27 heavy (non-hydrogen) atoms. The summed E-state index contributed by atoms with van der Waals surface area (Å²) < 4.78 is 7.45. The molecule has 6 heteroatoms. The largest absolute Gasteiger partial charge is 0.478 e. The molecule has 0 spiro atoms. The monoisotopic (exact) mass is 366 g/mol. The van der Waals surface area contributed by atoms with Crippen LogP contribution in [0.2, 0.25) is 0 Å². The minimum atomic E-state index is -0.136. The third kappa shape index (κ3) is 3.09. The van der Waals surface area contributed by atoms with Crippen molar-refractivity contribution in [2.24, 2.45) is 0 Å². The first-order chi connectivity index (χ1) is 13.0. The van der Waals surface area contributed by atoms with Gasteiger partial charge in [-0.25, -0.2) is 4.68 Å². The molecule has 2 aromatic heterocycles. The molecule has 0 aliphatic carbocycles. The number of benzene rings is 1. The summed E-state index contributed by atoms with van der Waals surface area (Å²) in [6.07, 6.45) is 1.71. The first-order valence-corrected chi connectivity index (χ1v) is 9.52. The number of hydrogen-bond acceptors (Lipinski definition) is 3. The highest BCUT2D eigenvalue weighted by atomic mass is 16.5. The van der Waals surface area contributed by atoms with Gasteiger partial charge in [-0.3, -0.25) is 4.79 Å². The van der Waals surface area contributed by atoms with Gasteiger partial charge in [-0.05, 0) is 51.3 Å². The van der Waals surface area contributed by atoms with E-state index in [1.165, 1.54) is 27.6 Å². The fraction of sp³-hybridized carbons (Fsp3) is 0.429. The van der Waals surface area contributed by atoms with Crippen LogP contribution in [0.3, 0.4) is 0 Å². The molecule has 1 aliphatic heterocycles. The molecule has 0 radical (unpaired) electrons. The minimum absolute atomic E-state index is 0.136. The van der Waals surface area contributed by atoms with Gasteiger partial charge < -0.3 is 15.0 Å². The highest BCUT2D eigenvalue weighted by molar-refractivity contribution is 5.94. The summed E-state index contributed by atoms with van der Waals surface area (Å²) in [6.45, 7) is 10.3. The molecule has 142 valence electrons. The Labute approximate surface area is 158 Å². The molecule has 3 heterocycles. The lowest BCUT2D eigenvalue weighted by Gasteiger charge is -2.14. The smallest absolute Gasteiger partial charge is 0.272 e. The van der Waals surface area contributed by atoms with E-state index in [-0.39, 0.29) is 5.91 Å². The van der Waals surface area contributed by atoms with Crippen molar-refractivity contribution in [2.75, 3.05) is 13.2 Å². The summed E-state index contributed by atoms with van der Waals surface area (Å²) >= 11 is 0. The first-order valence-electron chi connectivity index (χ1n) is 9.52. The molecule has 0 saturated heterocycles. The van der Waals surface area contributed by atoms with E-state index >= 15 is 0 Å². The Morgan fingerprint density at radius 1 is 1.30 bits per heavy atom. The van der Waals surface area contributed by atoms with Gasteiger partial charge in [0, 0.05) is 41.7 Å². The number of carbonyl (C=O) groups excluding carboxylic acids is 1. The van der Waals surface area contributed by atoms with Gasteiger partial charge in [-0.15, -0.1) is 0 Å². The molecular formula is C21H26N4O2. The maximum Gasteiger partial charge on any atom is 0.272 e. The van der Waals surface area contributed by atoms with Crippen LogP contribution < -0.4 is 10.1 Å². The van der Waals surface area contributed by atoms with Gasteiger partial charge >= 0.3 is 0 Å². The van der Waals surface area contributed by atoms with E-state index in [4.69, 9.17) is 4.74 Å². The predicted molar refractivity (Wildman–Crippen MR) is 106 cm³/mol. The third-order valence-electron chi connectivity index (χ3n) is 5.33. The number of H-pyrrole nitrogens is 1. The van der Waals surface area contributed by atoms with Crippen molar-refractivity contribution in [3.8, 4) is 5.88 Å². The maximum atomic E-state index is 12.6. The zero-order valence-corrected chi connectivity index (χ0v) is 16.4. The first kappa shape index (κ1) is 17.6. The number of aromatic nitrogens is 3. The number of aromatic amines is 1. The molecule has 0 fully saturated rings. The van der Waals surface area contributed by atoms with E-state index < -0.39 is 0 Å². The fourth-order valence-electron chi connectivity index (χ4n) is 4.01. The Bertz CT molecular complexity index is 1030. The number of fused-ring (bicyclic) bond motifs is 2. The highest BCUT2D eigenvalue weighted by Gasteiger charge is 2.23. The maximum absolute atomic E-state index is 12.6. The summed E-state index contributed by atoms with van der Waals surface area (Å²) in [7, 11) is 0. The minimum Gasteiger partial charge on any atom is -0.478 e. The second-order valence-corrected chi connectivity index (χ2v) is 7.44. The SMILES string of the molecule is Cc1cc(C)c2[nH]c(C)c(CCNC(=O)c3nn4c(c3C)OCCC4)c2c1. The lowest BCUT2D eigenvalue weighted by atomic mass is 10.0. The van der Waals surface area contributed by atoms with E-state index in [2.05, 4.69) is 48.3 Å².